The van der Waals surface area contributed by atoms with E-state index in [1.54, 1.807) is 17.8 Å². The van der Waals surface area contributed by atoms with Crippen molar-refractivity contribution in [2.45, 2.75) is 18.7 Å². The van der Waals surface area contributed by atoms with Crippen molar-refractivity contribution in [3.63, 3.8) is 0 Å². The van der Waals surface area contributed by atoms with E-state index in [9.17, 15) is 5.11 Å². The first-order valence-corrected chi connectivity index (χ1v) is 9.53. The minimum atomic E-state index is 0.246. The number of pyridine rings is 1. The quantitative estimate of drug-likeness (QED) is 0.589. The van der Waals surface area contributed by atoms with E-state index in [2.05, 4.69) is 40.8 Å². The maximum atomic E-state index is 10.3. The van der Waals surface area contributed by atoms with Crippen LogP contribution in [0.15, 0.2) is 59.5 Å². The Balaban J connectivity index is 2.12. The van der Waals surface area contributed by atoms with E-state index in [1.807, 2.05) is 38.1 Å². The number of phenols is 1. The molecule has 1 aromatic heterocycles. The molecule has 0 saturated carbocycles. The highest BCUT2D eigenvalue weighted by Gasteiger charge is 2.10. The Morgan fingerprint density at radius 2 is 1.76 bits per heavy atom. The van der Waals surface area contributed by atoms with Gasteiger partial charge in [-0.3, -0.25) is 0 Å². The summed E-state index contributed by atoms with van der Waals surface area (Å²) < 4.78 is 0. The van der Waals surface area contributed by atoms with Gasteiger partial charge in [-0.25, -0.2) is 4.98 Å². The number of benzene rings is 2. The third kappa shape index (κ3) is 3.97. The first-order valence-electron chi connectivity index (χ1n) is 8.31. The van der Waals surface area contributed by atoms with Gasteiger partial charge in [-0.1, -0.05) is 23.8 Å². The molecule has 0 aliphatic rings. The fraction of sp³-hybridized carbons (Fsp3) is 0.190. The molecule has 0 fully saturated rings. The van der Waals surface area contributed by atoms with Gasteiger partial charge in [0.1, 0.15) is 11.6 Å². The highest BCUT2D eigenvalue weighted by molar-refractivity contribution is 7.98. The zero-order valence-corrected chi connectivity index (χ0v) is 15.5. The zero-order valence-electron chi connectivity index (χ0n) is 14.7. The lowest BCUT2D eigenvalue weighted by atomic mass is 10.0. The van der Waals surface area contributed by atoms with Crippen molar-refractivity contribution in [1.82, 2.24) is 4.98 Å². The van der Waals surface area contributed by atoms with Crippen LogP contribution in [0, 0.1) is 6.92 Å². The maximum absolute atomic E-state index is 10.3. The summed E-state index contributed by atoms with van der Waals surface area (Å²) in [4.78, 5) is 5.92. The topological polar surface area (TPSA) is 45.1 Å². The Labute approximate surface area is 153 Å². The van der Waals surface area contributed by atoms with Crippen LogP contribution >= 0.6 is 11.8 Å². The first-order chi connectivity index (χ1) is 12.1. The van der Waals surface area contributed by atoms with Gasteiger partial charge in [0.05, 0.1) is 5.69 Å². The Bertz CT molecular complexity index is 876. The summed E-state index contributed by atoms with van der Waals surface area (Å²) in [5.74, 6) is 1.06. The van der Waals surface area contributed by atoms with Gasteiger partial charge in [-0.2, -0.15) is 0 Å². The van der Waals surface area contributed by atoms with Crippen LogP contribution in [0.5, 0.6) is 5.75 Å². The van der Waals surface area contributed by atoms with Gasteiger partial charge in [-0.05, 0) is 67.6 Å². The number of rotatable bonds is 5. The van der Waals surface area contributed by atoms with Crippen molar-refractivity contribution in [3.8, 4) is 28.1 Å². The molecule has 3 aromatic rings. The van der Waals surface area contributed by atoms with Gasteiger partial charge in [0.15, 0.2) is 0 Å². The molecule has 1 heterocycles. The molecule has 0 spiro atoms. The van der Waals surface area contributed by atoms with E-state index in [0.717, 1.165) is 40.3 Å². The van der Waals surface area contributed by atoms with Crippen LogP contribution in [-0.2, 0) is 0 Å². The molecular weight excluding hydrogens is 328 g/mol. The molecular formula is C21H22N2OS. The summed E-state index contributed by atoms with van der Waals surface area (Å²) in [6.07, 6.45) is 2.07. The normalized spacial score (nSPS) is 10.7. The van der Waals surface area contributed by atoms with Crippen molar-refractivity contribution in [2.75, 3.05) is 18.1 Å². The van der Waals surface area contributed by atoms with E-state index < -0.39 is 0 Å². The number of aromatic nitrogens is 1. The fourth-order valence-corrected chi connectivity index (χ4v) is 3.15. The van der Waals surface area contributed by atoms with Crippen molar-refractivity contribution < 1.29 is 5.11 Å². The second kappa shape index (κ2) is 7.62. The number of nitrogens with zero attached hydrogens (tertiary/aromatic N) is 1. The molecule has 0 saturated heterocycles. The number of aryl methyl sites for hydroxylation is 1. The molecule has 2 aromatic carbocycles. The summed E-state index contributed by atoms with van der Waals surface area (Å²) in [6, 6.07) is 18.2. The standard InChI is InChI=1S/C21H22N2OS/c1-4-22-21-13-16(15-6-8-17(25-3)9-7-15)12-19(23-21)18-11-14(2)5-10-20(18)24/h5-13,24H,4H2,1-3H3,(H,22,23). The molecule has 0 aliphatic heterocycles. The zero-order chi connectivity index (χ0) is 17.8. The van der Waals surface area contributed by atoms with Crippen LogP contribution in [0.25, 0.3) is 22.4 Å². The number of nitrogens with one attached hydrogen (secondary N) is 1. The third-order valence-electron chi connectivity index (χ3n) is 4.03. The first kappa shape index (κ1) is 17.4. The van der Waals surface area contributed by atoms with Crippen LogP contribution in [0.1, 0.15) is 12.5 Å². The Morgan fingerprint density at radius 1 is 1.00 bits per heavy atom. The van der Waals surface area contributed by atoms with Crippen LogP contribution < -0.4 is 5.32 Å². The lowest BCUT2D eigenvalue weighted by Crippen LogP contribution is -2.00. The number of hydrogen-bond acceptors (Lipinski definition) is 4. The van der Waals surface area contributed by atoms with Crippen molar-refractivity contribution >= 4 is 17.6 Å². The molecule has 0 radical (unpaired) electrons. The SMILES string of the molecule is CCNc1cc(-c2ccc(SC)cc2)cc(-c2cc(C)ccc2O)n1. The molecule has 3 rings (SSSR count). The number of hydrogen-bond donors (Lipinski definition) is 2. The molecule has 0 unspecified atom stereocenters. The van der Waals surface area contributed by atoms with E-state index >= 15 is 0 Å². The van der Waals surface area contributed by atoms with Crippen LogP contribution in [0.3, 0.4) is 0 Å². The van der Waals surface area contributed by atoms with Crippen LogP contribution in [0.2, 0.25) is 0 Å². The van der Waals surface area contributed by atoms with Gasteiger partial charge >= 0.3 is 0 Å². The average Bonchev–Trinajstić information content (AvgIpc) is 2.64. The monoisotopic (exact) mass is 350 g/mol. The van der Waals surface area contributed by atoms with Gasteiger partial charge < -0.3 is 10.4 Å². The smallest absolute Gasteiger partial charge is 0.127 e. The van der Waals surface area contributed by atoms with Crippen molar-refractivity contribution in [3.05, 3.63) is 60.2 Å². The summed E-state index contributed by atoms with van der Waals surface area (Å²) in [5.41, 5.74) is 4.82. The maximum Gasteiger partial charge on any atom is 0.127 e. The molecule has 3 nitrogen and oxygen atoms in total. The highest BCUT2D eigenvalue weighted by Crippen LogP contribution is 2.33. The number of phenolic OH excluding ortho intramolecular Hbond substituents is 1. The molecule has 4 heteroatoms. The molecule has 2 N–H and O–H groups in total. The molecule has 0 amide bonds. The lowest BCUT2D eigenvalue weighted by molar-refractivity contribution is 0.477. The highest BCUT2D eigenvalue weighted by atomic mass is 32.2. The predicted octanol–water partition coefficient (Wildman–Crippen LogP) is 5.58. The molecule has 128 valence electrons. The minimum Gasteiger partial charge on any atom is -0.507 e. The largest absolute Gasteiger partial charge is 0.507 e. The summed E-state index contributed by atoms with van der Waals surface area (Å²) in [6.45, 7) is 4.85. The lowest BCUT2D eigenvalue weighted by Gasteiger charge is -2.12. The van der Waals surface area contributed by atoms with Crippen molar-refractivity contribution in [2.24, 2.45) is 0 Å². The Hall–Kier alpha value is -2.46. The Kier molecular flexibility index (Phi) is 5.29. The fourth-order valence-electron chi connectivity index (χ4n) is 2.75. The van der Waals surface area contributed by atoms with Gasteiger partial charge in [0.25, 0.3) is 0 Å². The van der Waals surface area contributed by atoms with E-state index in [-0.39, 0.29) is 5.75 Å². The van der Waals surface area contributed by atoms with E-state index in [1.165, 1.54) is 4.90 Å². The minimum absolute atomic E-state index is 0.246. The summed E-state index contributed by atoms with van der Waals surface area (Å²) in [5, 5.41) is 13.6. The average molecular weight is 350 g/mol. The van der Waals surface area contributed by atoms with Gasteiger partial charge in [-0.15, -0.1) is 11.8 Å². The van der Waals surface area contributed by atoms with Crippen molar-refractivity contribution in [1.29, 1.82) is 0 Å². The predicted molar refractivity (Wildman–Crippen MR) is 107 cm³/mol. The molecule has 25 heavy (non-hydrogen) atoms. The second-order valence-corrected chi connectivity index (χ2v) is 6.79. The summed E-state index contributed by atoms with van der Waals surface area (Å²) in [7, 11) is 0. The Morgan fingerprint density at radius 3 is 2.44 bits per heavy atom. The van der Waals surface area contributed by atoms with E-state index in [0.29, 0.717) is 0 Å². The molecule has 0 bridgehead atoms. The molecule has 0 aliphatic carbocycles. The third-order valence-corrected chi connectivity index (χ3v) is 4.78. The van der Waals surface area contributed by atoms with E-state index in [4.69, 9.17) is 0 Å². The second-order valence-electron chi connectivity index (χ2n) is 5.91. The number of aromatic hydroxyl groups is 1. The number of anilines is 1. The summed E-state index contributed by atoms with van der Waals surface area (Å²) >= 11 is 1.73. The molecule has 0 atom stereocenters. The van der Waals surface area contributed by atoms with Crippen LogP contribution in [-0.4, -0.2) is 22.9 Å². The van der Waals surface area contributed by atoms with Crippen LogP contribution in [0.4, 0.5) is 5.82 Å². The van der Waals surface area contributed by atoms with Gasteiger partial charge in [0, 0.05) is 17.0 Å². The van der Waals surface area contributed by atoms with Gasteiger partial charge in [0.2, 0.25) is 0 Å². The number of thioether (sulfide) groups is 1.